The van der Waals surface area contributed by atoms with E-state index in [0.29, 0.717) is 5.41 Å². The average Bonchev–Trinajstić information content (AvgIpc) is 2.18. The molecule has 1 nitrogen and oxygen atoms in total. The highest BCUT2D eigenvalue weighted by Crippen LogP contribution is 2.49. The molecule has 0 amide bonds. The first-order valence-electron chi connectivity index (χ1n) is 5.57. The molecule has 2 aliphatic carbocycles. The zero-order chi connectivity index (χ0) is 8.44. The predicted molar refractivity (Wildman–Crippen MR) is 51.9 cm³/mol. The maximum Gasteiger partial charge on any atom is -0.00179 e. The first kappa shape index (κ1) is 8.55. The Balaban J connectivity index is 2.10. The van der Waals surface area contributed by atoms with E-state index in [0.717, 1.165) is 12.5 Å². The standard InChI is InChI=1S/C11H21N/c12-9-11-7-3-1-5-10(11)6-2-4-8-11/h10H,1-9,12H2. The molecule has 70 valence electrons. The van der Waals surface area contributed by atoms with Gasteiger partial charge >= 0.3 is 0 Å². The van der Waals surface area contributed by atoms with E-state index in [1.54, 1.807) is 0 Å². The highest BCUT2D eigenvalue weighted by atomic mass is 14.6. The van der Waals surface area contributed by atoms with Crippen molar-refractivity contribution >= 4 is 0 Å². The third-order valence-corrected chi connectivity index (χ3v) is 4.23. The van der Waals surface area contributed by atoms with Crippen molar-refractivity contribution < 1.29 is 0 Å². The van der Waals surface area contributed by atoms with Crippen LogP contribution >= 0.6 is 0 Å². The van der Waals surface area contributed by atoms with Gasteiger partial charge in [-0.05, 0) is 43.6 Å². The van der Waals surface area contributed by atoms with Gasteiger partial charge in [-0.2, -0.15) is 0 Å². The summed E-state index contributed by atoms with van der Waals surface area (Å²) in [5.74, 6) is 0.991. The molecule has 0 aromatic rings. The second-order valence-electron chi connectivity index (χ2n) is 4.75. The van der Waals surface area contributed by atoms with Crippen LogP contribution in [0.15, 0.2) is 0 Å². The number of fused-ring (bicyclic) bond motifs is 1. The average molecular weight is 167 g/mol. The first-order valence-corrected chi connectivity index (χ1v) is 5.57. The van der Waals surface area contributed by atoms with E-state index in [9.17, 15) is 0 Å². The molecule has 0 aromatic carbocycles. The van der Waals surface area contributed by atoms with Crippen LogP contribution in [0.4, 0.5) is 0 Å². The van der Waals surface area contributed by atoms with Crippen LogP contribution in [0, 0.1) is 11.3 Å². The van der Waals surface area contributed by atoms with Crippen molar-refractivity contribution in [1.82, 2.24) is 0 Å². The smallest absolute Gasteiger partial charge is 0.00179 e. The van der Waals surface area contributed by atoms with Crippen molar-refractivity contribution in [1.29, 1.82) is 0 Å². The van der Waals surface area contributed by atoms with Crippen LogP contribution in [0.5, 0.6) is 0 Å². The van der Waals surface area contributed by atoms with Crippen molar-refractivity contribution in [3.63, 3.8) is 0 Å². The van der Waals surface area contributed by atoms with Crippen LogP contribution in [-0.2, 0) is 0 Å². The minimum atomic E-state index is 0.594. The number of hydrogen-bond acceptors (Lipinski definition) is 1. The molecule has 0 aromatic heterocycles. The molecule has 12 heavy (non-hydrogen) atoms. The fourth-order valence-corrected chi connectivity index (χ4v) is 3.40. The minimum Gasteiger partial charge on any atom is -0.330 e. The Bertz CT molecular complexity index is 141. The third kappa shape index (κ3) is 1.28. The maximum atomic E-state index is 5.95. The van der Waals surface area contributed by atoms with Gasteiger partial charge in [0.15, 0.2) is 0 Å². The third-order valence-electron chi connectivity index (χ3n) is 4.23. The Morgan fingerprint density at radius 2 is 1.58 bits per heavy atom. The molecule has 0 saturated heterocycles. The van der Waals surface area contributed by atoms with Gasteiger partial charge in [-0.15, -0.1) is 0 Å². The predicted octanol–water partition coefficient (Wildman–Crippen LogP) is 2.70. The Morgan fingerprint density at radius 3 is 2.00 bits per heavy atom. The summed E-state index contributed by atoms with van der Waals surface area (Å²) in [5, 5.41) is 0. The molecule has 0 bridgehead atoms. The summed E-state index contributed by atoms with van der Waals surface area (Å²) >= 11 is 0. The number of hydrogen-bond donors (Lipinski definition) is 1. The lowest BCUT2D eigenvalue weighted by Gasteiger charge is -2.47. The molecule has 0 spiro atoms. The van der Waals surface area contributed by atoms with Gasteiger partial charge in [0, 0.05) is 0 Å². The Morgan fingerprint density at radius 1 is 1.00 bits per heavy atom. The molecule has 0 aliphatic heterocycles. The summed E-state index contributed by atoms with van der Waals surface area (Å²) < 4.78 is 0. The van der Waals surface area contributed by atoms with Crippen molar-refractivity contribution in [2.75, 3.05) is 6.54 Å². The van der Waals surface area contributed by atoms with Gasteiger partial charge in [0.2, 0.25) is 0 Å². The molecular weight excluding hydrogens is 146 g/mol. The van der Waals surface area contributed by atoms with Gasteiger partial charge < -0.3 is 5.73 Å². The zero-order valence-corrected chi connectivity index (χ0v) is 8.02. The molecule has 0 unspecified atom stereocenters. The van der Waals surface area contributed by atoms with Crippen LogP contribution < -0.4 is 5.73 Å². The Kier molecular flexibility index (Phi) is 2.40. The molecule has 2 N–H and O–H groups in total. The molecule has 2 fully saturated rings. The molecule has 2 saturated carbocycles. The lowest BCUT2D eigenvalue weighted by atomic mass is 9.59. The largest absolute Gasteiger partial charge is 0.330 e. The summed E-state index contributed by atoms with van der Waals surface area (Å²) in [7, 11) is 0. The van der Waals surface area contributed by atoms with E-state index in [4.69, 9.17) is 5.73 Å². The Labute approximate surface area is 75.7 Å². The van der Waals surface area contributed by atoms with Crippen LogP contribution in [0.1, 0.15) is 51.4 Å². The van der Waals surface area contributed by atoms with Crippen molar-refractivity contribution in [3.8, 4) is 0 Å². The quantitative estimate of drug-likeness (QED) is 0.638. The molecule has 1 heteroatoms. The molecule has 2 aliphatic rings. The van der Waals surface area contributed by atoms with E-state index < -0.39 is 0 Å². The second kappa shape index (κ2) is 3.37. The van der Waals surface area contributed by atoms with E-state index in [1.807, 2.05) is 0 Å². The number of rotatable bonds is 1. The molecule has 0 radical (unpaired) electrons. The van der Waals surface area contributed by atoms with E-state index in [2.05, 4.69) is 0 Å². The van der Waals surface area contributed by atoms with Crippen LogP contribution in [-0.4, -0.2) is 6.54 Å². The first-order chi connectivity index (χ1) is 5.87. The van der Waals surface area contributed by atoms with Crippen LogP contribution in [0.25, 0.3) is 0 Å². The summed E-state index contributed by atoms with van der Waals surface area (Å²) in [6, 6.07) is 0. The summed E-state index contributed by atoms with van der Waals surface area (Å²) in [6.45, 7) is 0.956. The van der Waals surface area contributed by atoms with Gasteiger partial charge in [-0.1, -0.05) is 25.7 Å². The highest BCUT2D eigenvalue weighted by Gasteiger charge is 2.40. The van der Waals surface area contributed by atoms with Gasteiger partial charge in [0.05, 0.1) is 0 Å². The van der Waals surface area contributed by atoms with Gasteiger partial charge in [0.25, 0.3) is 0 Å². The zero-order valence-electron chi connectivity index (χ0n) is 8.02. The number of nitrogens with two attached hydrogens (primary N) is 1. The van der Waals surface area contributed by atoms with E-state index in [1.165, 1.54) is 51.4 Å². The van der Waals surface area contributed by atoms with Crippen LogP contribution in [0.2, 0.25) is 0 Å². The maximum absolute atomic E-state index is 5.95. The molecule has 0 heterocycles. The summed E-state index contributed by atoms with van der Waals surface area (Å²) in [6.07, 6.45) is 11.6. The van der Waals surface area contributed by atoms with Gasteiger partial charge in [0.1, 0.15) is 0 Å². The van der Waals surface area contributed by atoms with E-state index >= 15 is 0 Å². The molecule has 2 rings (SSSR count). The molecular formula is C11H21N. The SMILES string of the molecule is NCC12CCCCC1CCCC2. The highest BCUT2D eigenvalue weighted by molar-refractivity contribution is 4.92. The van der Waals surface area contributed by atoms with Crippen molar-refractivity contribution in [2.45, 2.75) is 51.4 Å². The van der Waals surface area contributed by atoms with Crippen molar-refractivity contribution in [3.05, 3.63) is 0 Å². The lowest BCUT2D eigenvalue weighted by molar-refractivity contribution is 0.0541. The van der Waals surface area contributed by atoms with Gasteiger partial charge in [-0.3, -0.25) is 0 Å². The second-order valence-corrected chi connectivity index (χ2v) is 4.75. The van der Waals surface area contributed by atoms with Crippen molar-refractivity contribution in [2.24, 2.45) is 17.1 Å². The fourth-order valence-electron chi connectivity index (χ4n) is 3.40. The lowest BCUT2D eigenvalue weighted by Crippen LogP contribution is -2.42. The topological polar surface area (TPSA) is 26.0 Å². The summed E-state index contributed by atoms with van der Waals surface area (Å²) in [4.78, 5) is 0. The van der Waals surface area contributed by atoms with Gasteiger partial charge in [-0.25, -0.2) is 0 Å². The molecule has 0 atom stereocenters. The summed E-state index contributed by atoms with van der Waals surface area (Å²) in [5.41, 5.74) is 6.54. The normalized spacial score (nSPS) is 42.2. The van der Waals surface area contributed by atoms with Crippen LogP contribution in [0.3, 0.4) is 0 Å². The fraction of sp³-hybridized carbons (Fsp3) is 1.00. The minimum absolute atomic E-state index is 0.594. The Hall–Kier alpha value is -0.0400. The van der Waals surface area contributed by atoms with E-state index in [-0.39, 0.29) is 0 Å². The monoisotopic (exact) mass is 167 g/mol.